The zero-order valence-electron chi connectivity index (χ0n) is 18.6. The molecule has 0 saturated carbocycles. The summed E-state index contributed by atoms with van der Waals surface area (Å²) in [5.74, 6) is 1.27. The molecule has 0 heterocycles. The van der Waals surface area contributed by atoms with Crippen molar-refractivity contribution in [3.63, 3.8) is 0 Å². The summed E-state index contributed by atoms with van der Waals surface area (Å²) >= 11 is 6.17. The van der Waals surface area contributed by atoms with E-state index >= 15 is 0 Å². The summed E-state index contributed by atoms with van der Waals surface area (Å²) in [6, 6.07) is 18.8. The number of carbonyl (C=O) groups excluding carboxylic acids is 1. The minimum absolute atomic E-state index is 0.0439. The molecule has 4 nitrogen and oxygen atoms in total. The van der Waals surface area contributed by atoms with Crippen molar-refractivity contribution in [2.45, 2.75) is 39.7 Å². The number of amides is 1. The fourth-order valence-corrected chi connectivity index (χ4v) is 3.45. The van der Waals surface area contributed by atoms with Gasteiger partial charge in [0.05, 0.1) is 7.11 Å². The van der Waals surface area contributed by atoms with E-state index in [1.807, 2.05) is 37.3 Å². The number of halogens is 1. The lowest BCUT2D eigenvalue weighted by Gasteiger charge is -2.23. The summed E-state index contributed by atoms with van der Waals surface area (Å²) in [4.78, 5) is 12.8. The molecule has 1 amide bonds. The van der Waals surface area contributed by atoms with Gasteiger partial charge in [-0.15, -0.1) is 0 Å². The van der Waals surface area contributed by atoms with Crippen molar-refractivity contribution in [2.24, 2.45) is 0 Å². The molecular weight excluding hydrogens is 410 g/mol. The van der Waals surface area contributed by atoms with Crippen LogP contribution in [0.1, 0.15) is 47.8 Å². The van der Waals surface area contributed by atoms with Crippen molar-refractivity contribution >= 4 is 23.2 Å². The minimum Gasteiger partial charge on any atom is -0.496 e. The van der Waals surface area contributed by atoms with E-state index < -0.39 is 0 Å². The molecule has 0 aromatic heterocycles. The lowest BCUT2D eigenvalue weighted by molar-refractivity contribution is 0.102. The van der Waals surface area contributed by atoms with Crippen molar-refractivity contribution in [3.05, 3.63) is 87.9 Å². The summed E-state index contributed by atoms with van der Waals surface area (Å²) in [7, 11) is 1.61. The molecule has 0 aliphatic rings. The number of benzene rings is 3. The molecule has 0 unspecified atom stereocenters. The molecular formula is C26H28ClNO3. The van der Waals surface area contributed by atoms with E-state index in [1.54, 1.807) is 31.4 Å². The van der Waals surface area contributed by atoms with Gasteiger partial charge < -0.3 is 14.8 Å². The van der Waals surface area contributed by atoms with Crippen LogP contribution in [0.5, 0.6) is 11.5 Å². The highest BCUT2D eigenvalue weighted by Gasteiger charge is 2.19. The number of aryl methyl sites for hydroxylation is 1. The first-order valence-corrected chi connectivity index (χ1v) is 10.5. The fraction of sp³-hybridized carbons (Fsp3) is 0.269. The van der Waals surface area contributed by atoms with E-state index in [-0.39, 0.29) is 17.9 Å². The summed E-state index contributed by atoms with van der Waals surface area (Å²) in [6.45, 7) is 8.66. The highest BCUT2D eigenvalue weighted by Crippen LogP contribution is 2.32. The maximum atomic E-state index is 12.8. The van der Waals surface area contributed by atoms with Gasteiger partial charge in [0.25, 0.3) is 5.91 Å². The zero-order chi connectivity index (χ0) is 22.6. The summed E-state index contributed by atoms with van der Waals surface area (Å²) in [5.41, 5.74) is 3.99. The smallest absolute Gasteiger partial charge is 0.255 e. The minimum atomic E-state index is -0.223. The molecule has 0 saturated heterocycles. The van der Waals surface area contributed by atoms with Gasteiger partial charge >= 0.3 is 0 Å². The molecule has 0 radical (unpaired) electrons. The Kier molecular flexibility index (Phi) is 6.91. The van der Waals surface area contributed by atoms with Gasteiger partial charge in [-0.1, -0.05) is 56.6 Å². The Morgan fingerprint density at radius 2 is 1.74 bits per heavy atom. The average Bonchev–Trinajstić information content (AvgIpc) is 2.74. The topological polar surface area (TPSA) is 47.6 Å². The van der Waals surface area contributed by atoms with E-state index in [4.69, 9.17) is 21.1 Å². The van der Waals surface area contributed by atoms with Gasteiger partial charge in [-0.2, -0.15) is 0 Å². The maximum absolute atomic E-state index is 12.8. The van der Waals surface area contributed by atoms with E-state index in [9.17, 15) is 4.79 Å². The number of anilines is 1. The number of hydrogen-bond donors (Lipinski definition) is 1. The van der Waals surface area contributed by atoms with E-state index in [2.05, 4.69) is 32.2 Å². The summed E-state index contributed by atoms with van der Waals surface area (Å²) < 4.78 is 11.6. The molecule has 0 atom stereocenters. The number of nitrogens with one attached hydrogen (secondary N) is 1. The second-order valence-electron chi connectivity index (χ2n) is 8.48. The molecule has 31 heavy (non-hydrogen) atoms. The van der Waals surface area contributed by atoms with Crippen LogP contribution < -0.4 is 14.8 Å². The Hall–Kier alpha value is -2.98. The van der Waals surface area contributed by atoms with Crippen LogP contribution in [0.2, 0.25) is 5.02 Å². The number of rotatable bonds is 6. The zero-order valence-corrected chi connectivity index (χ0v) is 19.3. The first-order valence-electron chi connectivity index (χ1n) is 10.2. The van der Waals surface area contributed by atoms with Crippen molar-refractivity contribution < 1.29 is 14.3 Å². The largest absolute Gasteiger partial charge is 0.496 e. The molecule has 0 aliphatic heterocycles. The first kappa shape index (κ1) is 22.7. The van der Waals surface area contributed by atoms with Crippen LogP contribution in [0.3, 0.4) is 0 Å². The van der Waals surface area contributed by atoms with Gasteiger partial charge in [0.2, 0.25) is 0 Å². The van der Waals surface area contributed by atoms with Gasteiger partial charge in [-0.05, 0) is 59.9 Å². The number of carbonyl (C=O) groups is 1. The second kappa shape index (κ2) is 9.44. The van der Waals surface area contributed by atoms with Crippen LogP contribution in [0.25, 0.3) is 0 Å². The Balaban J connectivity index is 1.81. The normalized spacial score (nSPS) is 11.2. The van der Waals surface area contributed by atoms with Crippen molar-refractivity contribution in [3.8, 4) is 11.5 Å². The van der Waals surface area contributed by atoms with Gasteiger partial charge in [0, 0.05) is 21.8 Å². The van der Waals surface area contributed by atoms with Gasteiger partial charge in [-0.25, -0.2) is 0 Å². The molecule has 5 heteroatoms. The van der Waals surface area contributed by atoms with Gasteiger partial charge in [0.15, 0.2) is 0 Å². The number of para-hydroxylation sites is 1. The predicted octanol–water partition coefficient (Wildman–Crippen LogP) is 6.79. The predicted molar refractivity (Wildman–Crippen MR) is 127 cm³/mol. The van der Waals surface area contributed by atoms with E-state index in [0.29, 0.717) is 22.0 Å². The van der Waals surface area contributed by atoms with Crippen LogP contribution in [0, 0.1) is 6.92 Å². The SMILES string of the molecule is COc1ccc(C(=O)Nc2ccc(C)c(Cl)c2)cc1COc1ccccc1C(C)(C)C. The van der Waals surface area contributed by atoms with Crippen molar-refractivity contribution in [2.75, 3.05) is 12.4 Å². The van der Waals surface area contributed by atoms with Crippen LogP contribution in [0.15, 0.2) is 60.7 Å². The third-order valence-corrected chi connectivity index (χ3v) is 5.46. The fourth-order valence-electron chi connectivity index (χ4n) is 3.27. The standard InChI is InChI=1S/C26H28ClNO3/c1-17-10-12-20(15-22(17)27)28-25(29)18-11-13-23(30-5)19(14-18)16-31-24-9-7-6-8-21(24)26(2,3)4/h6-15H,16H2,1-5H3,(H,28,29). The highest BCUT2D eigenvalue weighted by molar-refractivity contribution is 6.31. The van der Waals surface area contributed by atoms with Gasteiger partial charge in [0.1, 0.15) is 18.1 Å². The molecule has 162 valence electrons. The monoisotopic (exact) mass is 437 g/mol. The van der Waals surface area contributed by atoms with Crippen molar-refractivity contribution in [1.82, 2.24) is 0 Å². The maximum Gasteiger partial charge on any atom is 0.255 e. The molecule has 0 spiro atoms. The van der Waals surface area contributed by atoms with Crippen LogP contribution in [-0.2, 0) is 12.0 Å². The molecule has 1 N–H and O–H groups in total. The summed E-state index contributed by atoms with van der Waals surface area (Å²) in [5, 5.41) is 3.50. The van der Waals surface area contributed by atoms with E-state index in [0.717, 1.165) is 22.4 Å². The molecule has 3 aromatic carbocycles. The quantitative estimate of drug-likeness (QED) is 0.462. The Morgan fingerprint density at radius 3 is 2.42 bits per heavy atom. The van der Waals surface area contributed by atoms with Crippen molar-refractivity contribution in [1.29, 1.82) is 0 Å². The van der Waals surface area contributed by atoms with Crippen LogP contribution >= 0.6 is 11.6 Å². The van der Waals surface area contributed by atoms with Crippen LogP contribution in [-0.4, -0.2) is 13.0 Å². The second-order valence-corrected chi connectivity index (χ2v) is 8.89. The molecule has 0 fully saturated rings. The van der Waals surface area contributed by atoms with Gasteiger partial charge in [-0.3, -0.25) is 4.79 Å². The lowest BCUT2D eigenvalue weighted by atomic mass is 9.86. The Bertz CT molecular complexity index is 1090. The lowest BCUT2D eigenvalue weighted by Crippen LogP contribution is -2.14. The third kappa shape index (κ3) is 5.59. The number of methoxy groups -OCH3 is 1. The molecule has 0 aliphatic carbocycles. The average molecular weight is 438 g/mol. The summed E-state index contributed by atoms with van der Waals surface area (Å²) in [6.07, 6.45) is 0. The number of hydrogen-bond acceptors (Lipinski definition) is 3. The van der Waals surface area contributed by atoms with E-state index in [1.165, 1.54) is 0 Å². The molecule has 3 aromatic rings. The van der Waals surface area contributed by atoms with Crippen LogP contribution in [0.4, 0.5) is 5.69 Å². The highest BCUT2D eigenvalue weighted by atomic mass is 35.5. The Labute approximate surface area is 189 Å². The third-order valence-electron chi connectivity index (χ3n) is 5.05. The molecule has 3 rings (SSSR count). The molecule has 0 bridgehead atoms. The number of ether oxygens (including phenoxy) is 2. The first-order chi connectivity index (χ1) is 14.7. The Morgan fingerprint density at radius 1 is 1.00 bits per heavy atom.